The monoisotopic (exact) mass is 1220 g/mol. The minimum absolute atomic E-state index is 0.0424. The summed E-state index contributed by atoms with van der Waals surface area (Å²) in [5.74, 6) is 3.35. The van der Waals surface area contributed by atoms with Gasteiger partial charge >= 0.3 is 0 Å². The summed E-state index contributed by atoms with van der Waals surface area (Å²) in [6.07, 6.45) is 3.93. The average molecular weight is 1230 g/mol. The largest absolute Gasteiger partial charge is 0.456 e. The SMILES string of the molecule is CC1(C)CC2(CC(C)(C)c3cc(Oc4cccc(Oc5ccc(C=O)cc5)c4C#N)c(Oc4cccc(Oc5ccc(C=O)cc5)c4C#N)cc32)c2cc(Oc3cccc(Oc4ccc(C=O)cc4)c3C#N)c(Oc3cccc(Oc4ccc(C=O)cc4)c3C#N)cc21. The number of carbonyl (C=O) groups is 4. The third-order valence-electron chi connectivity index (χ3n) is 16.4. The topological polar surface area (TPSA) is 237 Å². The molecule has 0 heterocycles. The zero-order chi connectivity index (χ0) is 65.0. The zero-order valence-electron chi connectivity index (χ0n) is 50.4. The molecule has 0 N–H and O–H groups in total. The fraction of sp³-hybridized carbons (Fsp3) is 0.117. The van der Waals surface area contributed by atoms with E-state index in [1.807, 2.05) is 24.3 Å². The molecular weight excluding hydrogens is 1170 g/mol. The van der Waals surface area contributed by atoms with E-state index in [0.29, 0.717) is 58.1 Å². The van der Waals surface area contributed by atoms with Crippen molar-refractivity contribution in [1.29, 1.82) is 21.0 Å². The first kappa shape index (κ1) is 60.5. The third-order valence-corrected chi connectivity index (χ3v) is 16.4. The van der Waals surface area contributed by atoms with Crippen LogP contribution in [-0.2, 0) is 16.2 Å². The Morgan fingerprint density at radius 3 is 0.699 bits per heavy atom. The molecule has 0 unspecified atom stereocenters. The highest BCUT2D eigenvalue weighted by atomic mass is 16.5. The predicted octanol–water partition coefficient (Wildman–Crippen LogP) is 18.4. The Balaban J connectivity index is 1.02. The zero-order valence-corrected chi connectivity index (χ0v) is 50.4. The predicted molar refractivity (Wildman–Crippen MR) is 341 cm³/mol. The fourth-order valence-corrected chi connectivity index (χ4v) is 12.2. The second-order valence-corrected chi connectivity index (χ2v) is 23.4. The summed E-state index contributed by atoms with van der Waals surface area (Å²) >= 11 is 0. The second kappa shape index (κ2) is 25.0. The van der Waals surface area contributed by atoms with E-state index in [1.165, 1.54) is 0 Å². The van der Waals surface area contributed by atoms with Gasteiger partial charge in [-0.25, -0.2) is 0 Å². The van der Waals surface area contributed by atoms with E-state index < -0.39 is 16.2 Å². The molecule has 0 bridgehead atoms. The molecule has 452 valence electrons. The summed E-state index contributed by atoms with van der Waals surface area (Å²) in [6, 6.07) is 62.2. The molecule has 2 aliphatic carbocycles. The molecule has 0 aromatic heterocycles. The minimum atomic E-state index is -0.839. The maximum atomic E-state index is 11.5. The molecule has 93 heavy (non-hydrogen) atoms. The van der Waals surface area contributed by atoms with Crippen molar-refractivity contribution < 1.29 is 57.1 Å². The van der Waals surface area contributed by atoms with Crippen LogP contribution in [0, 0.1) is 45.3 Å². The van der Waals surface area contributed by atoms with E-state index in [9.17, 15) is 40.2 Å². The first-order valence-electron chi connectivity index (χ1n) is 29.2. The van der Waals surface area contributed by atoms with Gasteiger partial charge in [0.2, 0.25) is 0 Å². The number of rotatable bonds is 20. The molecule has 12 rings (SSSR count). The van der Waals surface area contributed by atoms with Crippen LogP contribution in [-0.4, -0.2) is 25.1 Å². The van der Waals surface area contributed by atoms with E-state index in [0.717, 1.165) is 47.4 Å². The Hall–Kier alpha value is -12.8. The van der Waals surface area contributed by atoms with Gasteiger partial charge in [0.05, 0.1) is 0 Å². The van der Waals surface area contributed by atoms with Crippen molar-refractivity contribution in [3.63, 3.8) is 0 Å². The molecule has 10 aromatic carbocycles. The highest BCUT2D eigenvalue weighted by molar-refractivity contribution is 5.77. The Kier molecular flexibility index (Phi) is 16.3. The first-order valence-corrected chi connectivity index (χ1v) is 29.2. The fourth-order valence-electron chi connectivity index (χ4n) is 12.2. The van der Waals surface area contributed by atoms with Gasteiger partial charge in [0, 0.05) is 27.7 Å². The average Bonchev–Trinajstić information content (AvgIpc) is 1.52. The molecule has 0 fully saturated rings. The summed E-state index contributed by atoms with van der Waals surface area (Å²) in [5.41, 5.74) is 3.36. The van der Waals surface area contributed by atoms with Crippen molar-refractivity contribution in [3.05, 3.63) is 261 Å². The quantitative estimate of drug-likeness (QED) is 0.0645. The van der Waals surface area contributed by atoms with Crippen LogP contribution in [0.2, 0.25) is 0 Å². The van der Waals surface area contributed by atoms with Gasteiger partial charge < -0.3 is 37.9 Å². The smallest absolute Gasteiger partial charge is 0.170 e. The maximum Gasteiger partial charge on any atom is 0.170 e. The molecule has 0 saturated carbocycles. The van der Waals surface area contributed by atoms with Crippen molar-refractivity contribution in [2.75, 3.05) is 0 Å². The molecule has 1 spiro atoms. The first-order chi connectivity index (χ1) is 45.1. The Bertz CT molecular complexity index is 4510. The number of hydrogen-bond donors (Lipinski definition) is 0. The number of fused-ring (bicyclic) bond motifs is 4. The van der Waals surface area contributed by atoms with Crippen molar-refractivity contribution in [3.8, 4) is 116 Å². The van der Waals surface area contributed by atoms with Gasteiger partial charge in [-0.3, -0.25) is 19.2 Å². The van der Waals surface area contributed by atoms with Crippen molar-refractivity contribution in [1.82, 2.24) is 0 Å². The Labute approximate surface area is 534 Å². The van der Waals surface area contributed by atoms with Crippen molar-refractivity contribution in [2.24, 2.45) is 0 Å². The molecular formula is C77H52N4O12. The second-order valence-electron chi connectivity index (χ2n) is 23.4. The van der Waals surface area contributed by atoms with Crippen LogP contribution in [0.5, 0.6) is 92.0 Å². The highest BCUT2D eigenvalue weighted by Crippen LogP contribution is 2.66. The van der Waals surface area contributed by atoms with E-state index in [-0.39, 0.29) is 91.2 Å². The number of nitriles is 4. The molecule has 16 nitrogen and oxygen atoms in total. The lowest BCUT2D eigenvalue weighted by Crippen LogP contribution is -2.27. The number of ether oxygens (including phenoxy) is 8. The molecule has 0 saturated heterocycles. The van der Waals surface area contributed by atoms with Crippen LogP contribution in [0.25, 0.3) is 0 Å². The van der Waals surface area contributed by atoms with Gasteiger partial charge in [-0.15, -0.1) is 0 Å². The third kappa shape index (κ3) is 11.9. The maximum absolute atomic E-state index is 11.5. The van der Waals surface area contributed by atoms with Gasteiger partial charge in [0.15, 0.2) is 23.0 Å². The van der Waals surface area contributed by atoms with E-state index in [1.54, 1.807) is 170 Å². The Morgan fingerprint density at radius 1 is 0.290 bits per heavy atom. The lowest BCUT2D eigenvalue weighted by molar-refractivity contribution is 0.111. The van der Waals surface area contributed by atoms with Gasteiger partial charge in [-0.05, 0) is 216 Å². The Morgan fingerprint density at radius 2 is 0.495 bits per heavy atom. The highest BCUT2D eigenvalue weighted by Gasteiger charge is 2.57. The summed E-state index contributed by atoms with van der Waals surface area (Å²) in [5, 5.41) is 43.4. The van der Waals surface area contributed by atoms with Gasteiger partial charge in [-0.2, -0.15) is 21.0 Å². The standard InChI is InChI=1S/C77H52N4O12/c1-75(2)45-77(61-35-73(92-69-15-7-11-65(57(69)39-80)88-53-29-21-49(43-84)22-30-53)71(33-59(61)75)90-67-13-5-9-63(55(67)37-78)86-51-25-17-47(41-82)18-26-51)46-76(3,4)60-34-72(91-68-14-6-10-64(56(68)38-79)87-52-27-19-48(42-83)20-28-52)74(36-62(60)77)93-70-16-8-12-66(58(70)40-81)89-54-31-23-50(44-85)24-32-54/h5-36,41-44H,45-46H2,1-4H3. The number of aldehydes is 4. The summed E-state index contributed by atoms with van der Waals surface area (Å²) in [4.78, 5) is 46.0. The van der Waals surface area contributed by atoms with Gasteiger partial charge in [0.1, 0.15) is 141 Å². The van der Waals surface area contributed by atoms with Crippen molar-refractivity contribution in [2.45, 2.75) is 56.8 Å². The van der Waals surface area contributed by atoms with E-state index >= 15 is 0 Å². The number of hydrogen-bond acceptors (Lipinski definition) is 16. The summed E-state index contributed by atoms with van der Waals surface area (Å²) in [6.45, 7) is 8.55. The van der Waals surface area contributed by atoms with Crippen LogP contribution < -0.4 is 37.9 Å². The number of nitrogens with zero attached hydrogens (tertiary/aromatic N) is 4. The summed E-state index contributed by atoms with van der Waals surface area (Å²) < 4.78 is 52.6. The van der Waals surface area contributed by atoms with Crippen molar-refractivity contribution >= 4 is 25.1 Å². The van der Waals surface area contributed by atoms with Crippen LogP contribution in [0.1, 0.15) is 126 Å². The normalized spacial score (nSPS) is 13.2. The number of carbonyl (C=O) groups excluding carboxylic acids is 4. The van der Waals surface area contributed by atoms with Crippen LogP contribution in [0.4, 0.5) is 0 Å². The van der Waals surface area contributed by atoms with Crippen LogP contribution in [0.3, 0.4) is 0 Å². The van der Waals surface area contributed by atoms with Gasteiger partial charge in [0.25, 0.3) is 0 Å². The lowest BCUT2D eigenvalue weighted by atomic mass is 9.72. The minimum Gasteiger partial charge on any atom is -0.456 e. The molecule has 0 aliphatic heterocycles. The van der Waals surface area contributed by atoms with E-state index in [4.69, 9.17) is 37.9 Å². The van der Waals surface area contributed by atoms with Gasteiger partial charge in [-0.1, -0.05) is 52.0 Å². The van der Waals surface area contributed by atoms with Crippen LogP contribution in [0.15, 0.2) is 194 Å². The molecule has 2 aliphatic rings. The molecule has 0 atom stereocenters. The number of benzene rings is 10. The molecule has 0 amide bonds. The molecule has 10 aromatic rings. The van der Waals surface area contributed by atoms with E-state index in [2.05, 4.69) is 52.0 Å². The lowest BCUT2D eigenvalue weighted by Gasteiger charge is -2.31. The summed E-state index contributed by atoms with van der Waals surface area (Å²) in [7, 11) is 0. The molecule has 0 radical (unpaired) electrons. The molecule has 16 heteroatoms. The van der Waals surface area contributed by atoms with Crippen LogP contribution >= 0.6 is 0 Å².